The SMILES string of the molecule is Nc1ccc2c(ccn2CCO)c1. The van der Waals surface area contributed by atoms with Crippen molar-refractivity contribution in [1.29, 1.82) is 0 Å². The van der Waals surface area contributed by atoms with Gasteiger partial charge in [0.05, 0.1) is 6.61 Å². The number of aliphatic hydroxyl groups excluding tert-OH is 1. The fourth-order valence-corrected chi connectivity index (χ4v) is 1.52. The molecule has 2 aromatic rings. The molecule has 13 heavy (non-hydrogen) atoms. The van der Waals surface area contributed by atoms with Crippen LogP contribution in [0.1, 0.15) is 0 Å². The summed E-state index contributed by atoms with van der Waals surface area (Å²) in [5.41, 5.74) is 7.54. The van der Waals surface area contributed by atoms with Gasteiger partial charge in [0, 0.05) is 29.3 Å². The van der Waals surface area contributed by atoms with Gasteiger partial charge in [-0.3, -0.25) is 0 Å². The molecule has 68 valence electrons. The molecule has 0 amide bonds. The fourth-order valence-electron chi connectivity index (χ4n) is 1.52. The number of hydrogen-bond acceptors (Lipinski definition) is 2. The van der Waals surface area contributed by atoms with E-state index in [0.717, 1.165) is 16.6 Å². The molecule has 3 heteroatoms. The lowest BCUT2D eigenvalue weighted by Gasteiger charge is -2.01. The van der Waals surface area contributed by atoms with Gasteiger partial charge < -0.3 is 15.4 Å². The largest absolute Gasteiger partial charge is 0.399 e. The Morgan fingerprint density at radius 2 is 2.15 bits per heavy atom. The van der Waals surface area contributed by atoms with Gasteiger partial charge in [0.25, 0.3) is 0 Å². The van der Waals surface area contributed by atoms with Gasteiger partial charge in [-0.25, -0.2) is 0 Å². The van der Waals surface area contributed by atoms with E-state index < -0.39 is 0 Å². The summed E-state index contributed by atoms with van der Waals surface area (Å²) in [6.45, 7) is 0.793. The van der Waals surface area contributed by atoms with Crippen molar-refractivity contribution in [3.05, 3.63) is 30.5 Å². The Bertz CT molecular complexity index is 420. The zero-order valence-electron chi connectivity index (χ0n) is 7.27. The molecule has 0 saturated carbocycles. The van der Waals surface area contributed by atoms with E-state index in [1.165, 1.54) is 0 Å². The van der Waals surface area contributed by atoms with Crippen LogP contribution in [0, 0.1) is 0 Å². The molecule has 0 unspecified atom stereocenters. The number of anilines is 1. The Morgan fingerprint density at radius 1 is 1.31 bits per heavy atom. The van der Waals surface area contributed by atoms with Crippen LogP contribution >= 0.6 is 0 Å². The second kappa shape index (κ2) is 3.11. The van der Waals surface area contributed by atoms with Crippen molar-refractivity contribution in [2.75, 3.05) is 12.3 Å². The minimum Gasteiger partial charge on any atom is -0.399 e. The smallest absolute Gasteiger partial charge is 0.0610 e. The number of fused-ring (bicyclic) bond motifs is 1. The standard InChI is InChI=1S/C10H12N2O/c11-9-1-2-10-8(7-9)3-4-12(10)5-6-13/h1-4,7,13H,5-6,11H2. The number of nitrogens with two attached hydrogens (primary N) is 1. The Balaban J connectivity index is 2.55. The van der Waals surface area contributed by atoms with E-state index in [9.17, 15) is 0 Å². The molecular weight excluding hydrogens is 164 g/mol. The average Bonchev–Trinajstić information content (AvgIpc) is 2.49. The van der Waals surface area contributed by atoms with Gasteiger partial charge in [-0.05, 0) is 24.3 Å². The highest BCUT2D eigenvalue weighted by Gasteiger charge is 1.99. The van der Waals surface area contributed by atoms with Crippen LogP contribution in [0.15, 0.2) is 30.5 Å². The summed E-state index contributed by atoms with van der Waals surface area (Å²) < 4.78 is 2.01. The number of nitrogens with zero attached hydrogens (tertiary/aromatic N) is 1. The van der Waals surface area contributed by atoms with Crippen LogP contribution in [0.3, 0.4) is 0 Å². The van der Waals surface area contributed by atoms with Crippen LogP contribution in [0.5, 0.6) is 0 Å². The second-order valence-electron chi connectivity index (χ2n) is 3.05. The number of aliphatic hydroxyl groups is 1. The Hall–Kier alpha value is -1.48. The first-order valence-electron chi connectivity index (χ1n) is 4.26. The first-order chi connectivity index (χ1) is 6.31. The first-order valence-corrected chi connectivity index (χ1v) is 4.26. The van der Waals surface area contributed by atoms with Gasteiger partial charge >= 0.3 is 0 Å². The number of aromatic nitrogens is 1. The average molecular weight is 176 g/mol. The minimum atomic E-state index is 0.161. The molecule has 3 nitrogen and oxygen atoms in total. The summed E-state index contributed by atoms with van der Waals surface area (Å²) in [6.07, 6.45) is 1.96. The van der Waals surface area contributed by atoms with Crippen molar-refractivity contribution >= 4 is 16.6 Å². The molecule has 1 aromatic heterocycles. The molecule has 0 aliphatic carbocycles. The number of benzene rings is 1. The molecule has 3 N–H and O–H groups in total. The molecule has 0 aliphatic rings. The molecular formula is C10H12N2O. The van der Waals surface area contributed by atoms with Crippen LogP contribution in [0.4, 0.5) is 5.69 Å². The zero-order valence-corrected chi connectivity index (χ0v) is 7.27. The molecule has 2 rings (SSSR count). The van der Waals surface area contributed by atoms with E-state index in [-0.39, 0.29) is 6.61 Å². The van der Waals surface area contributed by atoms with Crippen molar-refractivity contribution < 1.29 is 5.11 Å². The third-order valence-electron chi connectivity index (χ3n) is 2.14. The minimum absolute atomic E-state index is 0.161. The monoisotopic (exact) mass is 176 g/mol. The zero-order chi connectivity index (χ0) is 9.26. The first kappa shape index (κ1) is 8.13. The van der Waals surface area contributed by atoms with E-state index in [4.69, 9.17) is 10.8 Å². The molecule has 0 fully saturated rings. The summed E-state index contributed by atoms with van der Waals surface area (Å²) in [4.78, 5) is 0. The van der Waals surface area contributed by atoms with Crippen molar-refractivity contribution in [3.63, 3.8) is 0 Å². The fraction of sp³-hybridized carbons (Fsp3) is 0.200. The predicted molar refractivity (Wildman–Crippen MR) is 53.4 cm³/mol. The lowest BCUT2D eigenvalue weighted by Crippen LogP contribution is -1.99. The van der Waals surface area contributed by atoms with Crippen molar-refractivity contribution in [3.8, 4) is 0 Å². The maximum Gasteiger partial charge on any atom is 0.0610 e. The molecule has 0 atom stereocenters. The second-order valence-corrected chi connectivity index (χ2v) is 3.05. The molecule has 1 aromatic carbocycles. The molecule has 0 bridgehead atoms. The van der Waals surface area contributed by atoms with Crippen LogP contribution in [0.25, 0.3) is 10.9 Å². The molecule has 0 saturated heterocycles. The van der Waals surface area contributed by atoms with Gasteiger partial charge in [-0.15, -0.1) is 0 Å². The van der Waals surface area contributed by atoms with Gasteiger partial charge in [0.15, 0.2) is 0 Å². The summed E-state index contributed by atoms with van der Waals surface area (Å²) in [6, 6.07) is 7.78. The van der Waals surface area contributed by atoms with Gasteiger partial charge in [0.1, 0.15) is 0 Å². The van der Waals surface area contributed by atoms with E-state index in [1.54, 1.807) is 0 Å². The highest BCUT2D eigenvalue weighted by atomic mass is 16.3. The quantitative estimate of drug-likeness (QED) is 0.676. The summed E-state index contributed by atoms with van der Waals surface area (Å²) in [7, 11) is 0. The van der Waals surface area contributed by atoms with E-state index >= 15 is 0 Å². The topological polar surface area (TPSA) is 51.2 Å². The van der Waals surface area contributed by atoms with Crippen molar-refractivity contribution in [2.45, 2.75) is 6.54 Å². The highest BCUT2D eigenvalue weighted by Crippen LogP contribution is 2.18. The lowest BCUT2D eigenvalue weighted by molar-refractivity contribution is 0.278. The molecule has 0 radical (unpaired) electrons. The number of hydrogen-bond donors (Lipinski definition) is 2. The number of rotatable bonds is 2. The third kappa shape index (κ3) is 1.38. The van der Waals surface area contributed by atoms with Gasteiger partial charge in [-0.2, -0.15) is 0 Å². The highest BCUT2D eigenvalue weighted by molar-refractivity contribution is 5.83. The van der Waals surface area contributed by atoms with Crippen molar-refractivity contribution in [2.24, 2.45) is 0 Å². The Kier molecular flexibility index (Phi) is 1.94. The normalized spacial score (nSPS) is 10.8. The van der Waals surface area contributed by atoms with Crippen LogP contribution in [0.2, 0.25) is 0 Å². The molecule has 1 heterocycles. The lowest BCUT2D eigenvalue weighted by atomic mass is 10.2. The maximum absolute atomic E-state index is 8.81. The van der Waals surface area contributed by atoms with Crippen LogP contribution < -0.4 is 5.73 Å². The van der Waals surface area contributed by atoms with E-state index in [0.29, 0.717) is 6.54 Å². The van der Waals surface area contributed by atoms with Crippen LogP contribution in [-0.2, 0) is 6.54 Å². The van der Waals surface area contributed by atoms with E-state index in [1.807, 2.05) is 35.0 Å². The Labute approximate surface area is 76.4 Å². The molecule has 0 aliphatic heterocycles. The summed E-state index contributed by atoms with van der Waals surface area (Å²) in [5, 5.41) is 9.93. The predicted octanol–water partition coefficient (Wildman–Crippen LogP) is 1.22. The summed E-state index contributed by atoms with van der Waals surface area (Å²) >= 11 is 0. The van der Waals surface area contributed by atoms with Gasteiger partial charge in [-0.1, -0.05) is 0 Å². The van der Waals surface area contributed by atoms with E-state index in [2.05, 4.69) is 0 Å². The third-order valence-corrected chi connectivity index (χ3v) is 2.14. The molecule has 0 spiro atoms. The Morgan fingerprint density at radius 3 is 2.92 bits per heavy atom. The number of nitrogen functional groups attached to an aromatic ring is 1. The van der Waals surface area contributed by atoms with Crippen molar-refractivity contribution in [1.82, 2.24) is 4.57 Å². The van der Waals surface area contributed by atoms with Gasteiger partial charge in [0.2, 0.25) is 0 Å². The summed E-state index contributed by atoms with van der Waals surface area (Å²) in [5.74, 6) is 0. The van der Waals surface area contributed by atoms with Crippen LogP contribution in [-0.4, -0.2) is 16.3 Å². The maximum atomic E-state index is 8.81.